The first-order valence-electron chi connectivity index (χ1n) is 3.16. The topological polar surface area (TPSA) is 17.1 Å². The van der Waals surface area contributed by atoms with E-state index in [1.165, 1.54) is 11.8 Å². The zero-order chi connectivity index (χ0) is 8.27. The first-order chi connectivity index (χ1) is 5.18. The number of carbonyl (C=O) groups excluding carboxylic acids is 1. The third-order valence-electron chi connectivity index (χ3n) is 1.10. The molecule has 0 radical (unpaired) electrons. The van der Waals surface area contributed by atoms with Crippen LogP contribution in [-0.2, 0) is 4.79 Å². The lowest BCUT2D eigenvalue weighted by atomic mass is 10.4. The van der Waals surface area contributed by atoms with Crippen LogP contribution in [0.4, 0.5) is 0 Å². The maximum absolute atomic E-state index is 10.6. The van der Waals surface area contributed by atoms with Crippen LogP contribution in [0.15, 0.2) is 34.1 Å². The van der Waals surface area contributed by atoms with E-state index in [9.17, 15) is 4.79 Å². The van der Waals surface area contributed by atoms with Gasteiger partial charge in [0.15, 0.2) is 5.12 Å². The van der Waals surface area contributed by atoms with Crippen molar-refractivity contribution in [2.24, 2.45) is 0 Å². The number of hydrogen-bond donors (Lipinski definition) is 1. The zero-order valence-electron chi connectivity index (χ0n) is 6.07. The SMILES string of the molecule is CC(=O)Sc1ccc(S)cc1. The Kier molecular flexibility index (Phi) is 3.02. The molecule has 1 aromatic rings. The smallest absolute Gasteiger partial charge is 0.190 e. The third-order valence-corrected chi connectivity index (χ3v) is 2.19. The van der Waals surface area contributed by atoms with Crippen LogP contribution < -0.4 is 0 Å². The van der Waals surface area contributed by atoms with Crippen molar-refractivity contribution < 1.29 is 4.79 Å². The molecular formula is C8H8OS2. The van der Waals surface area contributed by atoms with Gasteiger partial charge >= 0.3 is 0 Å². The van der Waals surface area contributed by atoms with E-state index in [4.69, 9.17) is 0 Å². The van der Waals surface area contributed by atoms with Crippen molar-refractivity contribution in [1.82, 2.24) is 0 Å². The summed E-state index contributed by atoms with van der Waals surface area (Å²) in [5, 5.41) is 0.108. The van der Waals surface area contributed by atoms with Crippen LogP contribution in [0.1, 0.15) is 6.92 Å². The van der Waals surface area contributed by atoms with E-state index in [1.807, 2.05) is 24.3 Å². The van der Waals surface area contributed by atoms with Gasteiger partial charge in [-0.1, -0.05) is 11.8 Å². The van der Waals surface area contributed by atoms with Crippen molar-refractivity contribution in [3.8, 4) is 0 Å². The minimum absolute atomic E-state index is 0.108. The second kappa shape index (κ2) is 3.83. The summed E-state index contributed by atoms with van der Waals surface area (Å²) in [6, 6.07) is 7.51. The van der Waals surface area contributed by atoms with E-state index in [1.54, 1.807) is 6.92 Å². The third kappa shape index (κ3) is 2.99. The van der Waals surface area contributed by atoms with Crippen LogP contribution in [0.2, 0.25) is 0 Å². The van der Waals surface area contributed by atoms with E-state index in [0.29, 0.717) is 0 Å². The van der Waals surface area contributed by atoms with Gasteiger partial charge in [0.25, 0.3) is 0 Å². The molecule has 0 fully saturated rings. The van der Waals surface area contributed by atoms with Gasteiger partial charge in [-0.15, -0.1) is 12.6 Å². The highest BCUT2D eigenvalue weighted by Crippen LogP contribution is 2.19. The van der Waals surface area contributed by atoms with E-state index in [0.717, 1.165) is 9.79 Å². The number of hydrogen-bond acceptors (Lipinski definition) is 3. The summed E-state index contributed by atoms with van der Waals surface area (Å²) in [5.74, 6) is 0. The van der Waals surface area contributed by atoms with Gasteiger partial charge in [-0.2, -0.15) is 0 Å². The maximum Gasteiger partial charge on any atom is 0.190 e. The number of benzene rings is 1. The van der Waals surface area contributed by atoms with E-state index >= 15 is 0 Å². The fourth-order valence-corrected chi connectivity index (χ4v) is 1.43. The molecule has 0 saturated carbocycles. The second-order valence-electron chi connectivity index (χ2n) is 2.09. The predicted octanol–water partition coefficient (Wildman–Crippen LogP) is 2.61. The fourth-order valence-electron chi connectivity index (χ4n) is 0.680. The maximum atomic E-state index is 10.6. The first kappa shape index (κ1) is 8.68. The van der Waals surface area contributed by atoms with Crippen molar-refractivity contribution in [1.29, 1.82) is 0 Å². The zero-order valence-corrected chi connectivity index (χ0v) is 7.78. The average molecular weight is 184 g/mol. The van der Waals surface area contributed by atoms with Gasteiger partial charge in [0.2, 0.25) is 0 Å². The molecule has 0 saturated heterocycles. The molecular weight excluding hydrogens is 176 g/mol. The van der Waals surface area contributed by atoms with E-state index < -0.39 is 0 Å². The Morgan fingerprint density at radius 1 is 1.36 bits per heavy atom. The van der Waals surface area contributed by atoms with Crippen LogP contribution in [0.3, 0.4) is 0 Å². The van der Waals surface area contributed by atoms with Crippen LogP contribution >= 0.6 is 24.4 Å². The van der Waals surface area contributed by atoms with Crippen molar-refractivity contribution in [2.45, 2.75) is 16.7 Å². The largest absolute Gasteiger partial charge is 0.287 e. The molecule has 0 N–H and O–H groups in total. The molecule has 11 heavy (non-hydrogen) atoms. The number of thiol groups is 1. The highest BCUT2D eigenvalue weighted by Gasteiger charge is 1.96. The lowest BCUT2D eigenvalue weighted by molar-refractivity contribution is -0.109. The molecule has 0 aliphatic carbocycles. The molecule has 0 bridgehead atoms. The molecule has 58 valence electrons. The molecule has 1 nitrogen and oxygen atoms in total. The summed E-state index contributed by atoms with van der Waals surface area (Å²) in [4.78, 5) is 12.5. The van der Waals surface area contributed by atoms with Crippen molar-refractivity contribution >= 4 is 29.5 Å². The molecule has 0 amide bonds. The van der Waals surface area contributed by atoms with Crippen LogP contribution in [0.5, 0.6) is 0 Å². The summed E-state index contributed by atoms with van der Waals surface area (Å²) in [5.41, 5.74) is 0. The molecule has 0 atom stereocenters. The Labute approximate surface area is 75.6 Å². The fraction of sp³-hybridized carbons (Fsp3) is 0.125. The summed E-state index contributed by atoms with van der Waals surface area (Å²) in [6.07, 6.45) is 0. The molecule has 3 heteroatoms. The number of carbonyl (C=O) groups is 1. The van der Waals surface area contributed by atoms with Crippen molar-refractivity contribution in [3.63, 3.8) is 0 Å². The Hall–Kier alpha value is -0.410. The molecule has 0 spiro atoms. The van der Waals surface area contributed by atoms with Gasteiger partial charge in [0, 0.05) is 16.7 Å². The Balaban J connectivity index is 2.74. The minimum atomic E-state index is 0.108. The summed E-state index contributed by atoms with van der Waals surface area (Å²) < 4.78 is 0. The van der Waals surface area contributed by atoms with Gasteiger partial charge in [-0.05, 0) is 24.3 Å². The van der Waals surface area contributed by atoms with Crippen LogP contribution in [0.25, 0.3) is 0 Å². The normalized spacial score (nSPS) is 9.64. The molecule has 1 aromatic carbocycles. The lowest BCUT2D eigenvalue weighted by Crippen LogP contribution is -1.79. The van der Waals surface area contributed by atoms with Crippen LogP contribution in [-0.4, -0.2) is 5.12 Å². The van der Waals surface area contributed by atoms with Crippen molar-refractivity contribution in [2.75, 3.05) is 0 Å². The first-order valence-corrected chi connectivity index (χ1v) is 4.42. The summed E-state index contributed by atoms with van der Waals surface area (Å²) in [6.45, 7) is 1.55. The molecule has 0 aliphatic rings. The van der Waals surface area contributed by atoms with Crippen molar-refractivity contribution in [3.05, 3.63) is 24.3 Å². The highest BCUT2D eigenvalue weighted by molar-refractivity contribution is 8.13. The molecule has 0 heterocycles. The van der Waals surface area contributed by atoms with Gasteiger partial charge in [0.05, 0.1) is 0 Å². The van der Waals surface area contributed by atoms with Gasteiger partial charge in [-0.25, -0.2) is 0 Å². The summed E-state index contributed by atoms with van der Waals surface area (Å²) >= 11 is 5.36. The second-order valence-corrected chi connectivity index (χ2v) is 3.85. The Bertz CT molecular complexity index is 253. The van der Waals surface area contributed by atoms with Gasteiger partial charge in [0.1, 0.15) is 0 Å². The number of rotatable bonds is 1. The average Bonchev–Trinajstić information content (AvgIpc) is 1.93. The van der Waals surface area contributed by atoms with E-state index in [2.05, 4.69) is 12.6 Å². The Morgan fingerprint density at radius 3 is 2.36 bits per heavy atom. The van der Waals surface area contributed by atoms with Gasteiger partial charge in [-0.3, -0.25) is 4.79 Å². The minimum Gasteiger partial charge on any atom is -0.287 e. The molecule has 1 rings (SSSR count). The van der Waals surface area contributed by atoms with Gasteiger partial charge < -0.3 is 0 Å². The predicted molar refractivity (Wildman–Crippen MR) is 50.2 cm³/mol. The quantitative estimate of drug-likeness (QED) is 0.534. The number of thioether (sulfide) groups is 1. The molecule has 0 aromatic heterocycles. The van der Waals surface area contributed by atoms with Crippen LogP contribution in [0, 0.1) is 0 Å². The molecule has 0 unspecified atom stereocenters. The Morgan fingerprint density at radius 2 is 1.91 bits per heavy atom. The van der Waals surface area contributed by atoms with E-state index in [-0.39, 0.29) is 5.12 Å². The monoisotopic (exact) mass is 184 g/mol. The highest BCUT2D eigenvalue weighted by atomic mass is 32.2. The molecule has 0 aliphatic heterocycles. The standard InChI is InChI=1S/C8H8OS2/c1-6(9)11-8-4-2-7(10)3-5-8/h2-5,10H,1H3. The lowest BCUT2D eigenvalue weighted by Gasteiger charge is -1.95. The summed E-state index contributed by atoms with van der Waals surface area (Å²) in [7, 11) is 0.